The molecule has 62 valence electrons. The zero-order valence-electron chi connectivity index (χ0n) is 7.38. The summed E-state index contributed by atoms with van der Waals surface area (Å²) in [7, 11) is 0. The van der Waals surface area contributed by atoms with Crippen LogP contribution in [0.2, 0.25) is 0 Å². The second kappa shape index (κ2) is 4.56. The van der Waals surface area contributed by atoms with Crippen molar-refractivity contribution in [1.82, 2.24) is 4.98 Å². The molecular formula is C11H13N. The average Bonchev–Trinajstić information content (AvgIpc) is 2.15. The monoisotopic (exact) mass is 159 g/mol. The van der Waals surface area contributed by atoms with Gasteiger partial charge < -0.3 is 0 Å². The molecule has 0 saturated heterocycles. The maximum Gasteiger partial charge on any atom is 0.112 e. The lowest BCUT2D eigenvalue weighted by molar-refractivity contribution is 0.792. The molecule has 0 amide bonds. The van der Waals surface area contributed by atoms with Gasteiger partial charge in [0.2, 0.25) is 0 Å². The normalized spacial score (nSPS) is 9.33. The predicted octanol–water partition coefficient (Wildman–Crippen LogP) is 2.41. The lowest BCUT2D eigenvalue weighted by Gasteiger charge is -1.97. The topological polar surface area (TPSA) is 12.9 Å². The Morgan fingerprint density at radius 2 is 2.33 bits per heavy atom. The quantitative estimate of drug-likeness (QED) is 0.617. The number of nitrogens with zero attached hydrogens (tertiary/aromatic N) is 1. The largest absolute Gasteiger partial charge is 0.248 e. The fourth-order valence-electron chi connectivity index (χ4n) is 1.04. The molecule has 0 saturated carbocycles. The van der Waals surface area contributed by atoms with Gasteiger partial charge in [-0.15, -0.1) is 6.42 Å². The molecule has 0 unspecified atom stereocenters. The van der Waals surface area contributed by atoms with Gasteiger partial charge >= 0.3 is 0 Å². The smallest absolute Gasteiger partial charge is 0.112 e. The third-order valence-electron chi connectivity index (χ3n) is 1.79. The van der Waals surface area contributed by atoms with Crippen LogP contribution < -0.4 is 0 Å². The first kappa shape index (κ1) is 8.80. The molecule has 0 atom stereocenters. The molecule has 0 fully saturated rings. The second-order valence-corrected chi connectivity index (χ2v) is 2.80. The van der Waals surface area contributed by atoms with Gasteiger partial charge in [-0.1, -0.05) is 25.3 Å². The molecular weight excluding hydrogens is 146 g/mol. The third kappa shape index (κ3) is 2.39. The molecule has 1 rings (SSSR count). The van der Waals surface area contributed by atoms with Crippen molar-refractivity contribution in [2.45, 2.75) is 26.2 Å². The van der Waals surface area contributed by atoms with E-state index in [2.05, 4.69) is 23.9 Å². The molecule has 1 heterocycles. The van der Waals surface area contributed by atoms with E-state index in [4.69, 9.17) is 6.42 Å². The Morgan fingerprint density at radius 3 is 2.83 bits per heavy atom. The molecule has 1 aromatic rings. The van der Waals surface area contributed by atoms with Crippen molar-refractivity contribution < 1.29 is 0 Å². The van der Waals surface area contributed by atoms with E-state index in [1.54, 1.807) is 0 Å². The van der Waals surface area contributed by atoms with E-state index in [1.165, 1.54) is 18.4 Å². The van der Waals surface area contributed by atoms with Crippen LogP contribution in [0.3, 0.4) is 0 Å². The SMILES string of the molecule is C#Cc1ccc(CCCC)cn1. The fourth-order valence-corrected chi connectivity index (χ4v) is 1.04. The van der Waals surface area contributed by atoms with Gasteiger partial charge in [0.25, 0.3) is 0 Å². The minimum atomic E-state index is 0.718. The maximum atomic E-state index is 5.19. The van der Waals surface area contributed by atoms with Crippen molar-refractivity contribution in [2.75, 3.05) is 0 Å². The van der Waals surface area contributed by atoms with Crippen molar-refractivity contribution in [3.63, 3.8) is 0 Å². The molecule has 1 heteroatoms. The van der Waals surface area contributed by atoms with Crippen molar-refractivity contribution in [1.29, 1.82) is 0 Å². The maximum absolute atomic E-state index is 5.19. The van der Waals surface area contributed by atoms with Gasteiger partial charge in [-0.05, 0) is 24.5 Å². The number of rotatable bonds is 3. The van der Waals surface area contributed by atoms with Crippen LogP contribution >= 0.6 is 0 Å². The molecule has 1 nitrogen and oxygen atoms in total. The summed E-state index contributed by atoms with van der Waals surface area (Å²) >= 11 is 0. The zero-order chi connectivity index (χ0) is 8.81. The van der Waals surface area contributed by atoms with Crippen LogP contribution in [0.15, 0.2) is 18.3 Å². The first-order valence-electron chi connectivity index (χ1n) is 4.28. The summed E-state index contributed by atoms with van der Waals surface area (Å²) in [6.07, 6.45) is 10.6. The summed E-state index contributed by atoms with van der Waals surface area (Å²) < 4.78 is 0. The van der Waals surface area contributed by atoms with Gasteiger partial charge in [0.1, 0.15) is 5.69 Å². The number of hydrogen-bond donors (Lipinski definition) is 0. The van der Waals surface area contributed by atoms with E-state index in [0.29, 0.717) is 0 Å². The Balaban J connectivity index is 2.60. The molecule has 0 N–H and O–H groups in total. The number of unbranched alkanes of at least 4 members (excludes halogenated alkanes) is 1. The van der Waals surface area contributed by atoms with Crippen LogP contribution in [0.4, 0.5) is 0 Å². The summed E-state index contributed by atoms with van der Waals surface area (Å²) in [5, 5.41) is 0. The van der Waals surface area contributed by atoms with Gasteiger partial charge in [-0.2, -0.15) is 0 Å². The summed E-state index contributed by atoms with van der Waals surface area (Å²) in [5.74, 6) is 2.50. The van der Waals surface area contributed by atoms with E-state index in [1.807, 2.05) is 12.3 Å². The first-order valence-corrected chi connectivity index (χ1v) is 4.28. The molecule has 0 bridgehead atoms. The number of hydrogen-bond acceptors (Lipinski definition) is 1. The first-order chi connectivity index (χ1) is 5.86. The summed E-state index contributed by atoms with van der Waals surface area (Å²) in [5.41, 5.74) is 1.99. The molecule has 1 aromatic heterocycles. The van der Waals surface area contributed by atoms with Gasteiger partial charge in [0, 0.05) is 6.20 Å². The highest BCUT2D eigenvalue weighted by Crippen LogP contribution is 2.03. The van der Waals surface area contributed by atoms with E-state index in [0.717, 1.165) is 12.1 Å². The Bertz CT molecular complexity index is 266. The van der Waals surface area contributed by atoms with E-state index in [-0.39, 0.29) is 0 Å². The molecule has 0 aliphatic carbocycles. The predicted molar refractivity (Wildman–Crippen MR) is 50.8 cm³/mol. The Hall–Kier alpha value is -1.29. The lowest BCUT2D eigenvalue weighted by atomic mass is 10.1. The number of terminal acetylenes is 1. The molecule has 0 aliphatic rings. The van der Waals surface area contributed by atoms with Crippen LogP contribution in [0.25, 0.3) is 0 Å². The third-order valence-corrected chi connectivity index (χ3v) is 1.79. The Morgan fingerprint density at radius 1 is 1.50 bits per heavy atom. The number of pyridine rings is 1. The van der Waals surface area contributed by atoms with E-state index in [9.17, 15) is 0 Å². The van der Waals surface area contributed by atoms with Gasteiger partial charge in [-0.25, -0.2) is 4.98 Å². The molecule has 0 aromatic carbocycles. The lowest BCUT2D eigenvalue weighted by Crippen LogP contribution is -1.87. The van der Waals surface area contributed by atoms with E-state index >= 15 is 0 Å². The summed E-state index contributed by atoms with van der Waals surface area (Å²) in [4.78, 5) is 4.11. The highest BCUT2D eigenvalue weighted by Gasteiger charge is 1.92. The van der Waals surface area contributed by atoms with Crippen LogP contribution in [0, 0.1) is 12.3 Å². The van der Waals surface area contributed by atoms with Crippen molar-refractivity contribution in [2.24, 2.45) is 0 Å². The minimum absolute atomic E-state index is 0.718. The number of aromatic nitrogens is 1. The van der Waals surface area contributed by atoms with Gasteiger partial charge in [-0.3, -0.25) is 0 Å². The molecule has 12 heavy (non-hydrogen) atoms. The molecule has 0 spiro atoms. The second-order valence-electron chi connectivity index (χ2n) is 2.80. The Kier molecular flexibility index (Phi) is 3.35. The van der Waals surface area contributed by atoms with Crippen LogP contribution in [-0.4, -0.2) is 4.98 Å². The number of aryl methyl sites for hydroxylation is 1. The van der Waals surface area contributed by atoms with Crippen LogP contribution in [0.1, 0.15) is 31.0 Å². The van der Waals surface area contributed by atoms with Gasteiger partial charge in [0.05, 0.1) is 0 Å². The summed E-state index contributed by atoms with van der Waals surface area (Å²) in [6.45, 7) is 2.18. The minimum Gasteiger partial charge on any atom is -0.248 e. The van der Waals surface area contributed by atoms with Crippen LogP contribution in [0.5, 0.6) is 0 Å². The van der Waals surface area contributed by atoms with Crippen LogP contribution in [-0.2, 0) is 6.42 Å². The average molecular weight is 159 g/mol. The summed E-state index contributed by atoms with van der Waals surface area (Å²) in [6, 6.07) is 3.95. The van der Waals surface area contributed by atoms with Gasteiger partial charge in [0.15, 0.2) is 0 Å². The molecule has 0 aliphatic heterocycles. The highest BCUT2D eigenvalue weighted by atomic mass is 14.7. The fraction of sp³-hybridized carbons (Fsp3) is 0.364. The van der Waals surface area contributed by atoms with E-state index < -0.39 is 0 Å². The Labute approximate surface area is 73.8 Å². The zero-order valence-corrected chi connectivity index (χ0v) is 7.38. The standard InChI is InChI=1S/C11H13N/c1-3-5-6-10-7-8-11(4-2)12-9-10/h2,7-9H,3,5-6H2,1H3. The van der Waals surface area contributed by atoms with Crippen molar-refractivity contribution >= 4 is 0 Å². The highest BCUT2D eigenvalue weighted by molar-refractivity contribution is 5.26. The van der Waals surface area contributed by atoms with Crippen molar-refractivity contribution in [3.8, 4) is 12.3 Å². The van der Waals surface area contributed by atoms with Crippen molar-refractivity contribution in [3.05, 3.63) is 29.6 Å². The molecule has 0 radical (unpaired) electrons.